The van der Waals surface area contributed by atoms with Crippen molar-refractivity contribution in [3.63, 3.8) is 0 Å². The Balaban J connectivity index is 1.19. The Bertz CT molecular complexity index is 751. The van der Waals surface area contributed by atoms with Gasteiger partial charge in [-0.25, -0.2) is 4.39 Å². The van der Waals surface area contributed by atoms with Crippen LogP contribution in [-0.4, -0.2) is 42.9 Å². The molecule has 0 aliphatic carbocycles. The van der Waals surface area contributed by atoms with Crippen molar-refractivity contribution < 1.29 is 4.39 Å². The first-order chi connectivity index (χ1) is 12.8. The van der Waals surface area contributed by atoms with E-state index in [0.717, 1.165) is 31.9 Å². The van der Waals surface area contributed by atoms with Crippen LogP contribution >= 0.6 is 11.8 Å². The Morgan fingerprint density at radius 3 is 2.54 bits per heavy atom. The Labute approximate surface area is 159 Å². The normalized spacial score (nSPS) is 20.2. The van der Waals surface area contributed by atoms with Crippen LogP contribution in [0.4, 0.5) is 10.1 Å². The fourth-order valence-electron chi connectivity index (χ4n) is 3.69. The first kappa shape index (κ1) is 17.6. The van der Waals surface area contributed by atoms with Crippen molar-refractivity contribution in [2.75, 3.05) is 37.6 Å². The van der Waals surface area contributed by atoms with Gasteiger partial charge in [-0.3, -0.25) is 4.90 Å². The van der Waals surface area contributed by atoms with Gasteiger partial charge in [-0.15, -0.1) is 11.8 Å². The zero-order chi connectivity index (χ0) is 17.8. The maximum atomic E-state index is 13.1. The zero-order valence-electron chi connectivity index (χ0n) is 15.0. The van der Waals surface area contributed by atoms with Gasteiger partial charge in [0.25, 0.3) is 0 Å². The molecule has 2 aliphatic heterocycles. The van der Waals surface area contributed by atoms with Crippen LogP contribution in [0.1, 0.15) is 18.4 Å². The van der Waals surface area contributed by atoms with E-state index in [4.69, 9.17) is 0 Å². The summed E-state index contributed by atoms with van der Waals surface area (Å²) in [5.41, 5.74) is 2.49. The molecule has 2 aliphatic rings. The van der Waals surface area contributed by atoms with Crippen molar-refractivity contribution in [3.05, 3.63) is 66.0 Å². The molecule has 0 bridgehead atoms. The van der Waals surface area contributed by atoms with E-state index in [1.807, 2.05) is 23.9 Å². The second-order valence-corrected chi connectivity index (χ2v) is 8.28. The predicted octanol–water partition coefficient (Wildman–Crippen LogP) is 4.92. The number of hydrogen-bond donors (Lipinski definition) is 0. The molecule has 2 aromatic rings. The largest absolute Gasteiger partial charge is 0.369 e. The lowest BCUT2D eigenvalue weighted by Crippen LogP contribution is -2.46. The maximum absolute atomic E-state index is 13.1. The van der Waals surface area contributed by atoms with Crippen molar-refractivity contribution in [2.24, 2.45) is 0 Å². The number of hydrogen-bond acceptors (Lipinski definition) is 3. The summed E-state index contributed by atoms with van der Waals surface area (Å²) in [5.74, 6) is -0.162. The molecule has 0 saturated carbocycles. The molecular weight excluding hydrogens is 343 g/mol. The molecule has 2 heterocycles. The molecule has 1 saturated heterocycles. The molecule has 2 nitrogen and oxygen atoms in total. The van der Waals surface area contributed by atoms with Gasteiger partial charge in [0.05, 0.1) is 0 Å². The van der Waals surface area contributed by atoms with Crippen LogP contribution in [0.2, 0.25) is 0 Å². The van der Waals surface area contributed by atoms with E-state index in [1.54, 1.807) is 12.1 Å². The number of piperazine rings is 1. The molecule has 0 radical (unpaired) electrons. The van der Waals surface area contributed by atoms with Crippen LogP contribution in [0.3, 0.4) is 0 Å². The van der Waals surface area contributed by atoms with Crippen LogP contribution in [-0.2, 0) is 0 Å². The third-order valence-electron chi connectivity index (χ3n) is 5.21. The molecule has 0 amide bonds. The molecule has 1 atom stereocenters. The van der Waals surface area contributed by atoms with Gasteiger partial charge in [0.2, 0.25) is 0 Å². The molecular formula is C22H25FN2S. The smallest absolute Gasteiger partial charge is 0.123 e. The quantitative estimate of drug-likeness (QED) is 0.740. The fourth-order valence-corrected chi connectivity index (χ4v) is 4.89. The Morgan fingerprint density at radius 2 is 1.73 bits per heavy atom. The molecule has 2 aromatic carbocycles. The molecule has 4 heteroatoms. The summed E-state index contributed by atoms with van der Waals surface area (Å²) in [4.78, 5) is 6.32. The van der Waals surface area contributed by atoms with Gasteiger partial charge in [0.1, 0.15) is 5.82 Å². The van der Waals surface area contributed by atoms with Gasteiger partial charge in [-0.1, -0.05) is 30.4 Å². The third kappa shape index (κ3) is 4.30. The minimum atomic E-state index is -0.162. The lowest BCUT2D eigenvalue weighted by molar-refractivity contribution is 0.253. The van der Waals surface area contributed by atoms with Crippen LogP contribution < -0.4 is 4.90 Å². The number of thioether (sulfide) groups is 1. The lowest BCUT2D eigenvalue weighted by Gasteiger charge is -2.36. The first-order valence-electron chi connectivity index (χ1n) is 9.45. The van der Waals surface area contributed by atoms with E-state index < -0.39 is 0 Å². The van der Waals surface area contributed by atoms with E-state index in [-0.39, 0.29) is 5.82 Å². The summed E-state index contributed by atoms with van der Waals surface area (Å²) in [7, 11) is 0. The van der Waals surface area contributed by atoms with Crippen molar-refractivity contribution in [3.8, 4) is 0 Å². The summed E-state index contributed by atoms with van der Waals surface area (Å²) < 4.78 is 13.1. The number of halogens is 1. The maximum Gasteiger partial charge on any atom is 0.123 e. The second-order valence-electron chi connectivity index (χ2n) is 7.00. The lowest BCUT2D eigenvalue weighted by atomic mass is 10.1. The number of fused-ring (bicyclic) bond motifs is 1. The summed E-state index contributed by atoms with van der Waals surface area (Å²) in [6.07, 6.45) is 7.10. The third-order valence-corrected chi connectivity index (χ3v) is 6.54. The van der Waals surface area contributed by atoms with E-state index in [1.165, 1.54) is 29.8 Å². The predicted molar refractivity (Wildman–Crippen MR) is 109 cm³/mol. The number of rotatable bonds is 5. The average Bonchev–Trinajstić information content (AvgIpc) is 2.69. The van der Waals surface area contributed by atoms with Crippen molar-refractivity contribution in [1.82, 2.24) is 4.90 Å². The summed E-state index contributed by atoms with van der Waals surface area (Å²) in [5, 5.41) is 0.602. The Morgan fingerprint density at radius 1 is 0.962 bits per heavy atom. The number of anilines is 1. The van der Waals surface area contributed by atoms with Gasteiger partial charge in [0, 0.05) is 42.0 Å². The Hall–Kier alpha value is -1.78. The molecule has 0 N–H and O–H groups in total. The SMILES string of the molecule is Fc1ccc(N2CCN(CCCC3C=Cc4ccccc4S3)CC2)cc1. The molecule has 0 aromatic heterocycles. The van der Waals surface area contributed by atoms with Crippen molar-refractivity contribution in [2.45, 2.75) is 23.0 Å². The summed E-state index contributed by atoms with van der Waals surface area (Å²) in [6.45, 7) is 5.40. The highest BCUT2D eigenvalue weighted by molar-refractivity contribution is 8.00. The standard InChI is InChI=1S/C22H25FN2S/c23-19-8-10-20(11-9-19)25-16-14-24(15-17-25)13-3-5-21-12-7-18-4-1-2-6-22(18)26-21/h1-2,4,6-12,21H,3,5,13-17H2. The number of benzene rings is 2. The fraction of sp³-hybridized carbons (Fsp3) is 0.364. The van der Waals surface area contributed by atoms with Gasteiger partial charge < -0.3 is 4.90 Å². The highest BCUT2D eigenvalue weighted by atomic mass is 32.2. The summed E-state index contributed by atoms with van der Waals surface area (Å²) in [6, 6.07) is 15.5. The minimum Gasteiger partial charge on any atom is -0.369 e. The molecule has 1 unspecified atom stereocenters. The van der Waals surface area contributed by atoms with Crippen LogP contribution in [0, 0.1) is 5.82 Å². The van der Waals surface area contributed by atoms with Gasteiger partial charge >= 0.3 is 0 Å². The van der Waals surface area contributed by atoms with Gasteiger partial charge in [-0.05, 0) is 55.3 Å². The highest BCUT2D eigenvalue weighted by Crippen LogP contribution is 2.35. The zero-order valence-corrected chi connectivity index (χ0v) is 15.8. The molecule has 1 fully saturated rings. The van der Waals surface area contributed by atoms with E-state index in [9.17, 15) is 4.39 Å². The van der Waals surface area contributed by atoms with Gasteiger partial charge in [0.15, 0.2) is 0 Å². The average molecular weight is 369 g/mol. The summed E-state index contributed by atoms with van der Waals surface area (Å²) >= 11 is 2.00. The number of nitrogens with zero attached hydrogens (tertiary/aromatic N) is 2. The molecule has 26 heavy (non-hydrogen) atoms. The topological polar surface area (TPSA) is 6.48 Å². The van der Waals surface area contributed by atoms with Crippen molar-refractivity contribution >= 4 is 23.5 Å². The monoisotopic (exact) mass is 368 g/mol. The van der Waals surface area contributed by atoms with E-state index in [2.05, 4.69) is 46.2 Å². The molecule has 0 spiro atoms. The van der Waals surface area contributed by atoms with Gasteiger partial charge in [-0.2, -0.15) is 0 Å². The van der Waals surface area contributed by atoms with Crippen LogP contribution in [0.25, 0.3) is 6.08 Å². The van der Waals surface area contributed by atoms with Crippen LogP contribution in [0.15, 0.2) is 59.5 Å². The van der Waals surface area contributed by atoms with Crippen LogP contribution in [0.5, 0.6) is 0 Å². The molecule has 136 valence electrons. The van der Waals surface area contributed by atoms with E-state index >= 15 is 0 Å². The minimum absolute atomic E-state index is 0.162. The first-order valence-corrected chi connectivity index (χ1v) is 10.3. The van der Waals surface area contributed by atoms with Crippen molar-refractivity contribution in [1.29, 1.82) is 0 Å². The molecule has 4 rings (SSSR count). The second kappa shape index (κ2) is 8.28. The Kier molecular flexibility index (Phi) is 5.61. The van der Waals surface area contributed by atoms with E-state index in [0.29, 0.717) is 5.25 Å². The highest BCUT2D eigenvalue weighted by Gasteiger charge is 2.18.